The summed E-state index contributed by atoms with van der Waals surface area (Å²) in [5.74, 6) is 1.89. The van der Waals surface area contributed by atoms with E-state index in [9.17, 15) is 0 Å². The summed E-state index contributed by atoms with van der Waals surface area (Å²) in [4.78, 5) is 26.6. The minimum Gasteiger partial charge on any atom is -0.501 e. The Hall–Kier alpha value is -4.05. The topological polar surface area (TPSA) is 104 Å². The fraction of sp³-hybridized carbons (Fsp3) is 0.459. The lowest BCUT2D eigenvalue weighted by Gasteiger charge is -2.43. The van der Waals surface area contributed by atoms with Gasteiger partial charge in [-0.2, -0.15) is 4.98 Å². The molecule has 4 heterocycles. The molecule has 0 bridgehead atoms. The molecule has 6 rings (SSSR count). The number of rotatable bonds is 12. The summed E-state index contributed by atoms with van der Waals surface area (Å²) in [6, 6.07) is 9.11. The molecule has 0 saturated carbocycles. The van der Waals surface area contributed by atoms with Gasteiger partial charge in [-0.05, 0) is 76.4 Å². The van der Waals surface area contributed by atoms with Crippen molar-refractivity contribution in [2.75, 3.05) is 88.9 Å². The van der Waals surface area contributed by atoms with Crippen LogP contribution in [0.1, 0.15) is 37.8 Å². The zero-order valence-corrected chi connectivity index (χ0v) is 30.6. The van der Waals surface area contributed by atoms with Gasteiger partial charge in [0.05, 0.1) is 36.7 Å². The third kappa shape index (κ3) is 8.06. The molecule has 2 saturated heterocycles. The molecule has 0 radical (unpaired) electrons. The first-order valence-electron chi connectivity index (χ1n) is 17.4. The Bertz CT molecular complexity index is 1750. The molecule has 12 heteroatoms. The second kappa shape index (κ2) is 16.1. The number of likely N-dealkylation sites (N-methyl/N-ethyl adjacent to an activating group) is 1. The van der Waals surface area contributed by atoms with Crippen molar-refractivity contribution in [1.29, 1.82) is 0 Å². The van der Waals surface area contributed by atoms with Gasteiger partial charge >= 0.3 is 0 Å². The predicted molar refractivity (Wildman–Crippen MR) is 204 cm³/mol. The summed E-state index contributed by atoms with van der Waals surface area (Å²) in [6.45, 7) is 16.0. The molecule has 11 nitrogen and oxygen atoms in total. The number of nitrogens with zero attached hydrogens (tertiary/aromatic N) is 7. The average Bonchev–Trinajstić information content (AvgIpc) is 3.12. The van der Waals surface area contributed by atoms with Crippen molar-refractivity contribution in [1.82, 2.24) is 29.7 Å². The smallest absolute Gasteiger partial charge is 0.229 e. The van der Waals surface area contributed by atoms with Crippen molar-refractivity contribution in [3.05, 3.63) is 60.2 Å². The lowest BCUT2D eigenvalue weighted by molar-refractivity contribution is 0.0982. The van der Waals surface area contributed by atoms with E-state index in [1.807, 2.05) is 19.1 Å². The van der Waals surface area contributed by atoms with E-state index in [4.69, 9.17) is 19.4 Å². The first kappa shape index (κ1) is 34.8. The Balaban J connectivity index is 1.26. The number of aromatic nitrogens is 4. The van der Waals surface area contributed by atoms with Crippen LogP contribution in [0.4, 0.5) is 28.8 Å². The zero-order valence-electron chi connectivity index (χ0n) is 29.7. The number of hydrogen-bond donors (Lipinski definition) is 2. The molecule has 2 aromatic carbocycles. The van der Waals surface area contributed by atoms with Gasteiger partial charge in [0.2, 0.25) is 5.95 Å². The zero-order chi connectivity index (χ0) is 34.3. The number of piperazine rings is 1. The molecular weight excluding hydrogens is 633 g/mol. The number of benzene rings is 2. The summed E-state index contributed by atoms with van der Waals surface area (Å²) < 4.78 is 11.5. The number of aryl methyl sites for hydroxylation is 1. The number of ether oxygens (including phenoxy) is 2. The van der Waals surface area contributed by atoms with Crippen LogP contribution in [0.5, 0.6) is 5.75 Å². The highest BCUT2D eigenvalue weighted by atomic mass is 31.1. The Kier molecular flexibility index (Phi) is 11.4. The molecular formula is C37H50N9O2P. The number of nitrogens with one attached hydrogen (secondary N) is 2. The normalized spacial score (nSPS) is 16.5. The molecule has 2 aliphatic rings. The van der Waals surface area contributed by atoms with Crippen LogP contribution >= 0.6 is 7.92 Å². The maximum Gasteiger partial charge on any atom is 0.229 e. The second-order valence-corrected chi connectivity index (χ2v) is 15.1. The lowest BCUT2D eigenvalue weighted by atomic mass is 9.99. The van der Waals surface area contributed by atoms with Crippen LogP contribution < -0.4 is 25.6 Å². The molecule has 0 spiro atoms. The van der Waals surface area contributed by atoms with Gasteiger partial charge in [0.1, 0.15) is 11.6 Å². The fourth-order valence-electron chi connectivity index (χ4n) is 6.83. The fourth-order valence-corrected chi connectivity index (χ4v) is 8.04. The van der Waals surface area contributed by atoms with Gasteiger partial charge in [0.15, 0.2) is 0 Å². The molecule has 2 aliphatic heterocycles. The third-order valence-corrected chi connectivity index (χ3v) is 10.9. The third-order valence-electron chi connectivity index (χ3n) is 9.53. The summed E-state index contributed by atoms with van der Waals surface area (Å²) >= 11 is 0. The molecule has 0 atom stereocenters. The minimum atomic E-state index is -0.504. The van der Waals surface area contributed by atoms with E-state index in [0.717, 1.165) is 71.6 Å². The van der Waals surface area contributed by atoms with E-state index in [1.54, 1.807) is 32.0 Å². The Morgan fingerprint density at radius 2 is 1.71 bits per heavy atom. The maximum absolute atomic E-state index is 5.96. The number of piperidine rings is 1. The Morgan fingerprint density at radius 3 is 2.43 bits per heavy atom. The molecule has 0 unspecified atom stereocenters. The van der Waals surface area contributed by atoms with Crippen molar-refractivity contribution in [2.45, 2.75) is 39.2 Å². The van der Waals surface area contributed by atoms with Crippen molar-refractivity contribution in [3.63, 3.8) is 0 Å². The number of methoxy groups -OCH3 is 1. The van der Waals surface area contributed by atoms with Gasteiger partial charge in [-0.3, -0.25) is 14.9 Å². The summed E-state index contributed by atoms with van der Waals surface area (Å²) in [6.07, 6.45) is 12.1. The van der Waals surface area contributed by atoms with Crippen molar-refractivity contribution < 1.29 is 9.47 Å². The van der Waals surface area contributed by atoms with Crippen LogP contribution in [-0.4, -0.2) is 109 Å². The quantitative estimate of drug-likeness (QED) is 0.134. The number of hydrogen-bond acceptors (Lipinski definition) is 11. The summed E-state index contributed by atoms with van der Waals surface area (Å²) in [5.41, 5.74) is 6.90. The van der Waals surface area contributed by atoms with Gasteiger partial charge in [-0.25, -0.2) is 4.98 Å². The van der Waals surface area contributed by atoms with Gasteiger partial charge < -0.3 is 29.9 Å². The molecule has 4 aromatic rings. The SMILES string of the molecule is CCO/C=C/c1cnc(Nc2cc(CC)c(N3CCC(N4CCN(C)CC4)CC3)cc2OC)nc1Nc1ccc2nccnc2c1P(C)C. The van der Waals surface area contributed by atoms with Crippen molar-refractivity contribution >= 4 is 59.2 Å². The molecule has 2 fully saturated rings. The monoisotopic (exact) mass is 683 g/mol. The first-order valence-corrected chi connectivity index (χ1v) is 19.6. The molecule has 0 amide bonds. The summed E-state index contributed by atoms with van der Waals surface area (Å²) in [7, 11) is 3.45. The second-order valence-electron chi connectivity index (χ2n) is 12.9. The van der Waals surface area contributed by atoms with Crippen LogP contribution in [0, 0.1) is 0 Å². The minimum absolute atomic E-state index is 0.467. The molecule has 2 N–H and O–H groups in total. The summed E-state index contributed by atoms with van der Waals surface area (Å²) in [5, 5.41) is 8.23. The number of fused-ring (bicyclic) bond motifs is 1. The van der Waals surface area contributed by atoms with Crippen molar-refractivity contribution in [2.24, 2.45) is 0 Å². The van der Waals surface area contributed by atoms with Crippen LogP contribution in [-0.2, 0) is 11.2 Å². The Morgan fingerprint density at radius 1 is 0.939 bits per heavy atom. The number of anilines is 5. The lowest BCUT2D eigenvalue weighted by Crippen LogP contribution is -2.52. The highest BCUT2D eigenvalue weighted by molar-refractivity contribution is 7.65. The Labute approximate surface area is 291 Å². The highest BCUT2D eigenvalue weighted by Gasteiger charge is 2.28. The standard InChI is InChI=1S/C37H50N9O2P/c1-7-26-23-31(33(47-4)24-32(26)46-16-11-28(12-17-46)45-20-18-44(3)19-21-45)42-37-40-25-27(13-22-48-8-2)36(43-37)41-30-10-9-29-34(35(30)49(5)6)39-15-14-38-29/h9-10,13-15,22-25,28H,7-8,11-12,16-21H2,1-6H3,(H2,40,41,42,43)/b22-13+. The molecule has 49 heavy (non-hydrogen) atoms. The van der Waals surface area contributed by atoms with Gasteiger partial charge in [-0.1, -0.05) is 14.8 Å². The van der Waals surface area contributed by atoms with E-state index < -0.39 is 7.92 Å². The van der Waals surface area contributed by atoms with E-state index in [0.29, 0.717) is 24.4 Å². The van der Waals surface area contributed by atoms with Gasteiger partial charge in [0.25, 0.3) is 0 Å². The van der Waals surface area contributed by atoms with Gasteiger partial charge in [0, 0.05) is 92.2 Å². The average molecular weight is 684 g/mol. The van der Waals surface area contributed by atoms with E-state index in [2.05, 4.69) is 80.8 Å². The first-order chi connectivity index (χ1) is 23.9. The van der Waals surface area contributed by atoms with Gasteiger partial charge in [-0.15, -0.1) is 0 Å². The van der Waals surface area contributed by atoms with Crippen LogP contribution in [0.2, 0.25) is 0 Å². The molecule has 260 valence electrons. The maximum atomic E-state index is 5.96. The van der Waals surface area contributed by atoms with Crippen LogP contribution in [0.25, 0.3) is 17.1 Å². The van der Waals surface area contributed by atoms with E-state index in [1.165, 1.54) is 37.2 Å². The van der Waals surface area contributed by atoms with Crippen LogP contribution in [0.3, 0.4) is 0 Å². The van der Waals surface area contributed by atoms with Crippen LogP contribution in [0.15, 0.2) is 49.1 Å². The highest BCUT2D eigenvalue weighted by Crippen LogP contribution is 2.38. The predicted octanol–water partition coefficient (Wildman–Crippen LogP) is 6.07. The van der Waals surface area contributed by atoms with E-state index in [-0.39, 0.29) is 0 Å². The van der Waals surface area contributed by atoms with Crippen molar-refractivity contribution in [3.8, 4) is 5.75 Å². The van der Waals surface area contributed by atoms with E-state index >= 15 is 0 Å². The molecule has 0 aliphatic carbocycles. The largest absolute Gasteiger partial charge is 0.501 e. The molecule has 2 aromatic heterocycles.